The van der Waals surface area contributed by atoms with Crippen molar-refractivity contribution in [1.82, 2.24) is 9.97 Å². The van der Waals surface area contributed by atoms with Gasteiger partial charge in [0.05, 0.1) is 12.1 Å². The smallest absolute Gasteiger partial charge is 0.274 e. The molecule has 3 aromatic rings. The molecule has 0 spiro atoms. The van der Waals surface area contributed by atoms with E-state index < -0.39 is 0 Å². The van der Waals surface area contributed by atoms with Crippen molar-refractivity contribution >= 4 is 34.8 Å². The minimum Gasteiger partial charge on any atom is -0.495 e. The maximum Gasteiger partial charge on any atom is 0.274 e. The van der Waals surface area contributed by atoms with E-state index in [0.29, 0.717) is 28.1 Å². The third-order valence-electron chi connectivity index (χ3n) is 3.33. The van der Waals surface area contributed by atoms with Crippen molar-refractivity contribution in [3.63, 3.8) is 0 Å². The van der Waals surface area contributed by atoms with Gasteiger partial charge in [-0.25, -0.2) is 9.97 Å². The number of ether oxygens (including phenoxy) is 1. The Morgan fingerprint density at radius 3 is 2.60 bits per heavy atom. The van der Waals surface area contributed by atoms with Gasteiger partial charge in [0.15, 0.2) is 0 Å². The lowest BCUT2D eigenvalue weighted by Crippen LogP contribution is -2.14. The highest BCUT2D eigenvalue weighted by Gasteiger charge is 2.10. The second-order valence-corrected chi connectivity index (χ2v) is 5.47. The molecule has 0 saturated heterocycles. The molecule has 2 aromatic carbocycles. The number of benzene rings is 2. The number of hydrogen-bond donors (Lipinski definition) is 2. The molecule has 25 heavy (non-hydrogen) atoms. The first-order valence-corrected chi connectivity index (χ1v) is 7.83. The maximum atomic E-state index is 12.3. The number of nitrogens with one attached hydrogen (secondary N) is 2. The summed E-state index contributed by atoms with van der Waals surface area (Å²) in [7, 11) is 1.55. The Labute approximate surface area is 149 Å². The number of methoxy groups -OCH3 is 1. The molecule has 7 heteroatoms. The second kappa shape index (κ2) is 7.63. The SMILES string of the molecule is COc1ccc(Nc2nccc(C(=O)Nc3ccccc3)n2)cc1Cl. The van der Waals surface area contributed by atoms with Crippen LogP contribution in [0.3, 0.4) is 0 Å². The first-order chi connectivity index (χ1) is 12.2. The summed E-state index contributed by atoms with van der Waals surface area (Å²) in [6.07, 6.45) is 1.51. The Morgan fingerprint density at radius 2 is 1.88 bits per heavy atom. The lowest BCUT2D eigenvalue weighted by molar-refractivity contribution is 0.102. The largest absolute Gasteiger partial charge is 0.495 e. The summed E-state index contributed by atoms with van der Waals surface area (Å²) >= 11 is 6.10. The molecule has 126 valence electrons. The quantitative estimate of drug-likeness (QED) is 0.720. The van der Waals surface area contributed by atoms with Gasteiger partial charge in [0.25, 0.3) is 5.91 Å². The predicted octanol–water partition coefficient (Wildman–Crippen LogP) is 4.13. The number of para-hydroxylation sites is 1. The Bertz CT molecular complexity index is 887. The standard InChI is InChI=1S/C18H15ClN4O2/c1-25-16-8-7-13(11-14(16)19)22-18-20-10-9-15(23-18)17(24)21-12-5-3-2-4-6-12/h2-11H,1H3,(H,21,24)(H,20,22,23). The van der Waals surface area contributed by atoms with Crippen molar-refractivity contribution in [2.24, 2.45) is 0 Å². The Balaban J connectivity index is 1.75. The van der Waals surface area contributed by atoms with Crippen molar-refractivity contribution in [1.29, 1.82) is 0 Å². The van der Waals surface area contributed by atoms with E-state index in [0.717, 1.165) is 0 Å². The average molecular weight is 355 g/mol. The zero-order chi connectivity index (χ0) is 17.6. The molecule has 6 nitrogen and oxygen atoms in total. The molecule has 1 aromatic heterocycles. The fourth-order valence-corrected chi connectivity index (χ4v) is 2.39. The Morgan fingerprint density at radius 1 is 1.08 bits per heavy atom. The van der Waals surface area contributed by atoms with Crippen molar-refractivity contribution in [2.75, 3.05) is 17.7 Å². The molecular weight excluding hydrogens is 340 g/mol. The van der Waals surface area contributed by atoms with E-state index in [1.807, 2.05) is 18.2 Å². The maximum absolute atomic E-state index is 12.3. The van der Waals surface area contributed by atoms with Crippen LogP contribution in [0.5, 0.6) is 5.75 Å². The first kappa shape index (κ1) is 16.7. The van der Waals surface area contributed by atoms with E-state index in [2.05, 4.69) is 20.6 Å². The number of rotatable bonds is 5. The highest BCUT2D eigenvalue weighted by atomic mass is 35.5. The Kier molecular flexibility index (Phi) is 5.11. The second-order valence-electron chi connectivity index (χ2n) is 5.06. The van der Waals surface area contributed by atoms with Gasteiger partial charge < -0.3 is 15.4 Å². The summed E-state index contributed by atoms with van der Waals surface area (Å²) in [5, 5.41) is 6.26. The summed E-state index contributed by atoms with van der Waals surface area (Å²) in [5.41, 5.74) is 1.63. The van der Waals surface area contributed by atoms with Gasteiger partial charge in [0, 0.05) is 17.6 Å². The third kappa shape index (κ3) is 4.24. The number of aromatic nitrogens is 2. The van der Waals surface area contributed by atoms with Gasteiger partial charge in [-0.3, -0.25) is 4.79 Å². The van der Waals surface area contributed by atoms with Crippen molar-refractivity contribution in [3.05, 3.63) is 71.5 Å². The molecule has 0 aliphatic heterocycles. The van der Waals surface area contributed by atoms with E-state index in [-0.39, 0.29) is 11.6 Å². The fraction of sp³-hybridized carbons (Fsp3) is 0.0556. The lowest BCUT2D eigenvalue weighted by Gasteiger charge is -2.09. The molecular formula is C18H15ClN4O2. The molecule has 0 aliphatic rings. The van der Waals surface area contributed by atoms with Crippen LogP contribution in [0.2, 0.25) is 5.02 Å². The van der Waals surface area contributed by atoms with Crippen molar-refractivity contribution in [3.8, 4) is 5.75 Å². The third-order valence-corrected chi connectivity index (χ3v) is 3.62. The van der Waals surface area contributed by atoms with Gasteiger partial charge in [-0.05, 0) is 36.4 Å². The fourth-order valence-electron chi connectivity index (χ4n) is 2.14. The summed E-state index contributed by atoms with van der Waals surface area (Å²) in [4.78, 5) is 20.6. The number of hydrogen-bond acceptors (Lipinski definition) is 5. The van der Waals surface area contributed by atoms with Gasteiger partial charge in [0.1, 0.15) is 11.4 Å². The minimum absolute atomic E-state index is 0.251. The van der Waals surface area contributed by atoms with Crippen LogP contribution in [0.15, 0.2) is 60.8 Å². The number of carbonyl (C=O) groups is 1. The lowest BCUT2D eigenvalue weighted by atomic mass is 10.3. The minimum atomic E-state index is -0.315. The molecule has 0 saturated carbocycles. The predicted molar refractivity (Wildman–Crippen MR) is 97.7 cm³/mol. The molecule has 0 radical (unpaired) electrons. The molecule has 1 amide bonds. The normalized spacial score (nSPS) is 10.2. The summed E-state index contributed by atoms with van der Waals surface area (Å²) in [6, 6.07) is 15.9. The van der Waals surface area contributed by atoms with Crippen LogP contribution in [0, 0.1) is 0 Å². The molecule has 0 aliphatic carbocycles. The van der Waals surface area contributed by atoms with Gasteiger partial charge in [-0.2, -0.15) is 0 Å². The van der Waals surface area contributed by atoms with Crippen molar-refractivity contribution in [2.45, 2.75) is 0 Å². The van der Waals surface area contributed by atoms with Crippen LogP contribution in [-0.4, -0.2) is 23.0 Å². The zero-order valence-electron chi connectivity index (χ0n) is 13.4. The summed E-state index contributed by atoms with van der Waals surface area (Å²) in [5.74, 6) is 0.551. The van der Waals surface area contributed by atoms with Gasteiger partial charge >= 0.3 is 0 Å². The number of amides is 1. The summed E-state index contributed by atoms with van der Waals surface area (Å²) in [6.45, 7) is 0. The molecule has 0 unspecified atom stereocenters. The van der Waals surface area contributed by atoms with Gasteiger partial charge in [-0.15, -0.1) is 0 Å². The number of halogens is 1. The molecule has 0 bridgehead atoms. The van der Waals surface area contributed by atoms with E-state index in [1.165, 1.54) is 6.20 Å². The van der Waals surface area contributed by atoms with E-state index in [1.54, 1.807) is 43.5 Å². The summed E-state index contributed by atoms with van der Waals surface area (Å²) < 4.78 is 5.11. The topological polar surface area (TPSA) is 76.1 Å². The number of anilines is 3. The zero-order valence-corrected chi connectivity index (χ0v) is 14.1. The molecule has 3 rings (SSSR count). The van der Waals surface area contributed by atoms with E-state index in [9.17, 15) is 4.79 Å². The van der Waals surface area contributed by atoms with E-state index >= 15 is 0 Å². The highest BCUT2D eigenvalue weighted by Crippen LogP contribution is 2.28. The number of carbonyl (C=O) groups excluding carboxylic acids is 1. The number of nitrogens with zero attached hydrogens (tertiary/aromatic N) is 2. The molecule has 0 atom stereocenters. The molecule has 0 fully saturated rings. The first-order valence-electron chi connectivity index (χ1n) is 7.46. The molecule has 1 heterocycles. The van der Waals surface area contributed by atoms with Crippen LogP contribution in [0.4, 0.5) is 17.3 Å². The van der Waals surface area contributed by atoms with Crippen LogP contribution >= 0.6 is 11.6 Å². The van der Waals surface area contributed by atoms with Gasteiger partial charge in [-0.1, -0.05) is 29.8 Å². The average Bonchev–Trinajstić information content (AvgIpc) is 2.63. The van der Waals surface area contributed by atoms with E-state index in [4.69, 9.17) is 16.3 Å². The van der Waals surface area contributed by atoms with Crippen LogP contribution in [0.1, 0.15) is 10.5 Å². The van der Waals surface area contributed by atoms with Crippen molar-refractivity contribution < 1.29 is 9.53 Å². The van der Waals surface area contributed by atoms with Crippen LogP contribution in [-0.2, 0) is 0 Å². The van der Waals surface area contributed by atoms with Gasteiger partial charge in [0.2, 0.25) is 5.95 Å². The highest BCUT2D eigenvalue weighted by molar-refractivity contribution is 6.32. The Hall–Kier alpha value is -3.12. The van der Waals surface area contributed by atoms with Crippen LogP contribution in [0.25, 0.3) is 0 Å². The molecule has 2 N–H and O–H groups in total. The van der Waals surface area contributed by atoms with Crippen LogP contribution < -0.4 is 15.4 Å². The monoisotopic (exact) mass is 354 g/mol.